The molecule has 2 aromatic carbocycles. The number of phosphoric acid groups is 1. The van der Waals surface area contributed by atoms with Crippen molar-refractivity contribution < 1.29 is 28.0 Å². The summed E-state index contributed by atoms with van der Waals surface area (Å²) >= 11 is 0. The summed E-state index contributed by atoms with van der Waals surface area (Å²) in [5.41, 5.74) is 0.452. The predicted octanol–water partition coefficient (Wildman–Crippen LogP) is 6.38. The fourth-order valence-corrected chi connectivity index (χ4v) is 5.50. The average Bonchev–Trinajstić information content (AvgIpc) is 3.17. The quantitative estimate of drug-likeness (QED) is 0.408. The number of carbonyl (C=O) groups is 1. The van der Waals surface area contributed by atoms with E-state index in [1.54, 1.807) is 90.1 Å². The van der Waals surface area contributed by atoms with E-state index in [-0.39, 0.29) is 24.1 Å². The van der Waals surface area contributed by atoms with Gasteiger partial charge in [0.2, 0.25) is 11.7 Å². The van der Waals surface area contributed by atoms with E-state index < -0.39 is 19.0 Å². The molecule has 1 N–H and O–H groups in total. The topological polar surface area (TPSA) is 99.4 Å². The molecule has 9 heteroatoms. The van der Waals surface area contributed by atoms with Crippen molar-refractivity contribution in [1.29, 1.82) is 0 Å². The van der Waals surface area contributed by atoms with Crippen LogP contribution in [0.4, 0.5) is 5.69 Å². The zero-order valence-corrected chi connectivity index (χ0v) is 21.1. The lowest BCUT2D eigenvalue weighted by atomic mass is 10.0. The third-order valence-corrected chi connectivity index (χ3v) is 6.87. The number of benzene rings is 2. The molecule has 1 aromatic heterocycles. The Morgan fingerprint density at radius 2 is 1.53 bits per heavy atom. The smallest absolute Gasteiger partial charge is 0.477 e. The average molecular weight is 484 g/mol. The number of Topliss-reactive ketones (excluding diaryl/α,β-unsaturated/α-hetero) is 1. The van der Waals surface area contributed by atoms with Crippen molar-refractivity contribution in [3.8, 4) is 5.88 Å². The highest BCUT2D eigenvalue weighted by molar-refractivity contribution is 7.48. The summed E-state index contributed by atoms with van der Waals surface area (Å²) in [6.45, 7) is 10.2. The first-order chi connectivity index (χ1) is 15.8. The van der Waals surface area contributed by atoms with Gasteiger partial charge >= 0.3 is 7.82 Å². The fraction of sp³-hybridized carbons (Fsp3) is 0.360. The summed E-state index contributed by atoms with van der Waals surface area (Å²) in [6, 6.07) is 14.2. The van der Waals surface area contributed by atoms with Gasteiger partial charge < -0.3 is 5.11 Å². The number of ketones is 1. The molecule has 0 unspecified atom stereocenters. The van der Waals surface area contributed by atoms with Gasteiger partial charge in [0.1, 0.15) is 12.4 Å². The van der Waals surface area contributed by atoms with Crippen LogP contribution in [0.25, 0.3) is 10.9 Å². The lowest BCUT2D eigenvalue weighted by molar-refractivity contribution is -0.00619. The maximum atomic E-state index is 13.5. The number of rotatable bonds is 6. The highest BCUT2D eigenvalue weighted by Gasteiger charge is 2.38. The molecular formula is C25H29N2O6P. The molecule has 0 saturated carbocycles. The van der Waals surface area contributed by atoms with Gasteiger partial charge in [0.25, 0.3) is 0 Å². The van der Waals surface area contributed by atoms with Gasteiger partial charge in [-0.15, -0.1) is 0 Å². The Bertz CT molecular complexity index is 1320. The number of hydrogen-bond acceptors (Lipinski definition) is 7. The van der Waals surface area contributed by atoms with Gasteiger partial charge in [0, 0.05) is 10.9 Å². The third kappa shape index (κ3) is 4.86. The van der Waals surface area contributed by atoms with Crippen LogP contribution in [0.1, 0.15) is 57.5 Å². The number of hydrogen-bond donors (Lipinski definition) is 1. The summed E-state index contributed by atoms with van der Waals surface area (Å²) < 4.78 is 32.0. The van der Waals surface area contributed by atoms with Crippen LogP contribution in [0, 0.1) is 0 Å². The van der Waals surface area contributed by atoms with E-state index >= 15 is 0 Å². The van der Waals surface area contributed by atoms with E-state index in [0.29, 0.717) is 27.7 Å². The van der Waals surface area contributed by atoms with Crippen molar-refractivity contribution in [2.75, 3.05) is 0 Å². The monoisotopic (exact) mass is 484 g/mol. The molecular weight excluding hydrogens is 455 g/mol. The zero-order valence-electron chi connectivity index (χ0n) is 20.2. The van der Waals surface area contributed by atoms with Gasteiger partial charge in [0.15, 0.2) is 0 Å². The third-order valence-electron chi connectivity index (χ3n) is 4.89. The Kier molecular flexibility index (Phi) is 6.07. The maximum Gasteiger partial charge on any atom is 0.477 e. The summed E-state index contributed by atoms with van der Waals surface area (Å²) in [7, 11) is -4.03. The van der Waals surface area contributed by atoms with Crippen LogP contribution in [-0.4, -0.2) is 32.4 Å². The molecule has 1 aliphatic heterocycles. The first-order valence-electron chi connectivity index (χ1n) is 11.0. The molecule has 0 fully saturated rings. The predicted molar refractivity (Wildman–Crippen MR) is 131 cm³/mol. The van der Waals surface area contributed by atoms with E-state index in [2.05, 4.69) is 4.99 Å². The van der Waals surface area contributed by atoms with Crippen molar-refractivity contribution in [1.82, 2.24) is 4.57 Å². The van der Waals surface area contributed by atoms with Crippen molar-refractivity contribution in [2.24, 2.45) is 4.99 Å². The second-order valence-electron chi connectivity index (χ2n) is 10.1. The number of para-hydroxylation sites is 2. The minimum absolute atomic E-state index is 0.147. The van der Waals surface area contributed by atoms with E-state index in [1.807, 2.05) is 0 Å². The van der Waals surface area contributed by atoms with E-state index in [4.69, 9.17) is 13.6 Å². The Labute approximate surface area is 198 Å². The molecule has 0 saturated heterocycles. The molecule has 3 aromatic rings. The Morgan fingerprint density at radius 3 is 2.15 bits per heavy atom. The van der Waals surface area contributed by atoms with Crippen molar-refractivity contribution in [2.45, 2.75) is 59.5 Å². The molecule has 0 spiro atoms. The van der Waals surface area contributed by atoms with Gasteiger partial charge in [0.05, 0.1) is 28.0 Å². The largest absolute Gasteiger partial charge is 0.494 e. The van der Waals surface area contributed by atoms with Crippen molar-refractivity contribution >= 4 is 35.9 Å². The molecule has 1 aliphatic rings. The molecule has 0 radical (unpaired) electrons. The second-order valence-corrected chi connectivity index (χ2v) is 11.6. The van der Waals surface area contributed by atoms with Gasteiger partial charge in [-0.3, -0.25) is 22.9 Å². The molecule has 4 rings (SSSR count). The van der Waals surface area contributed by atoms with Crippen LogP contribution in [-0.2, 0) is 24.9 Å². The normalized spacial score (nSPS) is 14.5. The molecule has 8 nitrogen and oxygen atoms in total. The summed E-state index contributed by atoms with van der Waals surface area (Å²) in [5.74, 6) is -0.494. The number of aliphatic imine (C=N–C) groups is 1. The van der Waals surface area contributed by atoms with E-state index in [1.165, 1.54) is 4.57 Å². The van der Waals surface area contributed by atoms with Crippen molar-refractivity contribution in [3.63, 3.8) is 0 Å². The lowest BCUT2D eigenvalue weighted by Crippen LogP contribution is -2.25. The van der Waals surface area contributed by atoms with Crippen molar-refractivity contribution in [3.05, 3.63) is 59.7 Å². The first kappa shape index (κ1) is 24.4. The number of aromatic nitrogens is 1. The highest BCUT2D eigenvalue weighted by atomic mass is 31.2. The molecule has 34 heavy (non-hydrogen) atoms. The molecule has 0 amide bonds. The summed E-state index contributed by atoms with van der Waals surface area (Å²) in [4.78, 5) is 17.5. The molecule has 0 aliphatic carbocycles. The van der Waals surface area contributed by atoms with E-state index in [9.17, 15) is 14.5 Å². The van der Waals surface area contributed by atoms with Crippen LogP contribution < -0.4 is 0 Å². The molecule has 2 heterocycles. The SMILES string of the molecule is CC(C)(C)OP(=O)(OCn1c(O)c(C2=Nc3ccccc3C2=O)c2ccccc21)OC(C)(C)C. The highest BCUT2D eigenvalue weighted by Crippen LogP contribution is 2.56. The molecule has 180 valence electrons. The van der Waals surface area contributed by atoms with Crippen LogP contribution in [0.3, 0.4) is 0 Å². The molecule has 0 bridgehead atoms. The van der Waals surface area contributed by atoms with E-state index in [0.717, 1.165) is 0 Å². The number of nitrogens with zero attached hydrogens (tertiary/aromatic N) is 2. The van der Waals surface area contributed by atoms with Crippen LogP contribution >= 0.6 is 7.82 Å². The van der Waals surface area contributed by atoms with Crippen LogP contribution in [0.15, 0.2) is 53.5 Å². The van der Waals surface area contributed by atoms with Gasteiger partial charge in [-0.05, 0) is 59.7 Å². The number of aromatic hydroxyl groups is 1. The maximum absolute atomic E-state index is 13.5. The van der Waals surface area contributed by atoms with Crippen LogP contribution in [0.5, 0.6) is 5.88 Å². The number of carbonyl (C=O) groups excluding carboxylic acids is 1. The van der Waals surface area contributed by atoms with Gasteiger partial charge in [-0.1, -0.05) is 30.3 Å². The first-order valence-corrected chi connectivity index (χ1v) is 12.4. The number of fused-ring (bicyclic) bond motifs is 2. The number of phosphoric ester groups is 1. The van der Waals surface area contributed by atoms with Gasteiger partial charge in [-0.25, -0.2) is 9.56 Å². The summed E-state index contributed by atoms with van der Waals surface area (Å²) in [5, 5.41) is 11.8. The zero-order chi connectivity index (χ0) is 24.9. The molecule has 0 atom stereocenters. The second kappa shape index (κ2) is 8.47. The van der Waals surface area contributed by atoms with Crippen LogP contribution in [0.2, 0.25) is 0 Å². The minimum atomic E-state index is -4.03. The summed E-state index contributed by atoms with van der Waals surface area (Å²) in [6.07, 6.45) is 0. The lowest BCUT2D eigenvalue weighted by Gasteiger charge is -2.31. The van der Waals surface area contributed by atoms with Gasteiger partial charge in [-0.2, -0.15) is 0 Å². The standard InChI is InChI=1S/C25H29N2O6P/c1-24(2,3)32-34(30,33-25(4,5)6)31-15-27-19-14-10-8-12-17(19)20(23(27)29)21-22(28)16-11-7-9-13-18(16)26-21/h7-14,29H,15H2,1-6H3. The Balaban J connectivity index is 1.75. The Morgan fingerprint density at radius 1 is 0.941 bits per heavy atom. The minimum Gasteiger partial charge on any atom is -0.494 e. The fourth-order valence-electron chi connectivity index (χ4n) is 3.76. The Hall–Kier alpha value is -2.77.